The Morgan fingerprint density at radius 3 is 2.80 bits per heavy atom. The summed E-state index contributed by atoms with van der Waals surface area (Å²) in [6.45, 7) is 8.22. The Morgan fingerprint density at radius 1 is 1.35 bits per heavy atom. The van der Waals surface area contributed by atoms with Crippen LogP contribution < -0.4 is 5.32 Å². The van der Waals surface area contributed by atoms with Gasteiger partial charge in [-0.15, -0.1) is 0 Å². The molecular formula is C16H22N2O2. The summed E-state index contributed by atoms with van der Waals surface area (Å²) in [7, 11) is 0. The van der Waals surface area contributed by atoms with Gasteiger partial charge < -0.3 is 15.0 Å². The minimum absolute atomic E-state index is 0.367. The SMILES string of the molecule is Cc1cccc2c(CCNC(=O)OC(C)(C)C)c[nH]c12. The van der Waals surface area contributed by atoms with Crippen LogP contribution in [-0.2, 0) is 11.2 Å². The number of alkyl carbamates (subject to hydrolysis) is 1. The van der Waals surface area contributed by atoms with Crippen LogP contribution in [0.5, 0.6) is 0 Å². The van der Waals surface area contributed by atoms with Crippen molar-refractivity contribution in [2.45, 2.75) is 39.7 Å². The molecule has 4 nitrogen and oxygen atoms in total. The van der Waals surface area contributed by atoms with Crippen LogP contribution in [-0.4, -0.2) is 23.2 Å². The van der Waals surface area contributed by atoms with Crippen LogP contribution in [0.1, 0.15) is 31.9 Å². The Balaban J connectivity index is 1.94. The highest BCUT2D eigenvalue weighted by molar-refractivity contribution is 5.85. The van der Waals surface area contributed by atoms with E-state index in [9.17, 15) is 4.79 Å². The number of hydrogen-bond acceptors (Lipinski definition) is 2. The number of aryl methyl sites for hydroxylation is 1. The number of para-hydroxylation sites is 1. The van der Waals surface area contributed by atoms with Gasteiger partial charge in [-0.05, 0) is 45.2 Å². The molecule has 0 saturated carbocycles. The fourth-order valence-electron chi connectivity index (χ4n) is 2.18. The largest absolute Gasteiger partial charge is 0.444 e. The molecule has 108 valence electrons. The van der Waals surface area contributed by atoms with Crippen molar-refractivity contribution >= 4 is 17.0 Å². The first-order chi connectivity index (χ1) is 9.37. The highest BCUT2D eigenvalue weighted by atomic mass is 16.6. The lowest BCUT2D eigenvalue weighted by Crippen LogP contribution is -2.33. The van der Waals surface area contributed by atoms with Gasteiger partial charge in [-0.25, -0.2) is 4.79 Å². The predicted molar refractivity (Wildman–Crippen MR) is 81.0 cm³/mol. The van der Waals surface area contributed by atoms with Crippen LogP contribution in [0.2, 0.25) is 0 Å². The first-order valence-corrected chi connectivity index (χ1v) is 6.89. The Morgan fingerprint density at radius 2 is 2.10 bits per heavy atom. The molecule has 1 heterocycles. The summed E-state index contributed by atoms with van der Waals surface area (Å²) in [6.07, 6.45) is 2.42. The van der Waals surface area contributed by atoms with Crippen LogP contribution in [0.3, 0.4) is 0 Å². The second-order valence-electron chi connectivity index (χ2n) is 5.99. The van der Waals surface area contributed by atoms with Gasteiger partial charge in [-0.2, -0.15) is 0 Å². The second kappa shape index (κ2) is 5.57. The zero-order valence-electron chi connectivity index (χ0n) is 12.5. The van der Waals surface area contributed by atoms with Crippen molar-refractivity contribution in [2.75, 3.05) is 6.54 Å². The van der Waals surface area contributed by atoms with Gasteiger partial charge >= 0.3 is 6.09 Å². The summed E-state index contributed by atoms with van der Waals surface area (Å²) in [4.78, 5) is 14.9. The van der Waals surface area contributed by atoms with Crippen molar-refractivity contribution in [1.29, 1.82) is 0 Å². The number of aromatic amines is 1. The van der Waals surface area contributed by atoms with Crippen LogP contribution in [0.4, 0.5) is 4.79 Å². The normalized spacial score (nSPS) is 11.6. The molecule has 0 atom stereocenters. The number of benzene rings is 1. The Labute approximate surface area is 119 Å². The summed E-state index contributed by atoms with van der Waals surface area (Å²) in [6, 6.07) is 6.24. The molecule has 0 spiro atoms. The van der Waals surface area contributed by atoms with E-state index in [1.165, 1.54) is 22.0 Å². The zero-order chi connectivity index (χ0) is 14.8. The quantitative estimate of drug-likeness (QED) is 0.899. The topological polar surface area (TPSA) is 54.1 Å². The van der Waals surface area contributed by atoms with Crippen LogP contribution >= 0.6 is 0 Å². The van der Waals surface area contributed by atoms with E-state index in [1.807, 2.05) is 27.0 Å². The van der Waals surface area contributed by atoms with E-state index in [-0.39, 0.29) is 6.09 Å². The number of H-pyrrole nitrogens is 1. The molecule has 0 radical (unpaired) electrons. The number of aromatic nitrogens is 1. The third-order valence-electron chi connectivity index (χ3n) is 3.07. The monoisotopic (exact) mass is 274 g/mol. The lowest BCUT2D eigenvalue weighted by Gasteiger charge is -2.19. The number of carbonyl (C=O) groups is 1. The molecule has 1 aromatic carbocycles. The summed E-state index contributed by atoms with van der Waals surface area (Å²) < 4.78 is 5.21. The van der Waals surface area contributed by atoms with E-state index in [1.54, 1.807) is 0 Å². The molecule has 0 aliphatic heterocycles. The lowest BCUT2D eigenvalue weighted by molar-refractivity contribution is 0.0528. The summed E-state index contributed by atoms with van der Waals surface area (Å²) >= 11 is 0. The van der Waals surface area contributed by atoms with Crippen molar-refractivity contribution in [2.24, 2.45) is 0 Å². The summed E-state index contributed by atoms with van der Waals surface area (Å²) in [5, 5.41) is 4.00. The van der Waals surface area contributed by atoms with E-state index in [0.717, 1.165) is 6.42 Å². The molecule has 0 fully saturated rings. The number of fused-ring (bicyclic) bond motifs is 1. The minimum Gasteiger partial charge on any atom is -0.444 e. The van der Waals surface area contributed by atoms with Gasteiger partial charge in [0.05, 0.1) is 0 Å². The maximum Gasteiger partial charge on any atom is 0.407 e. The van der Waals surface area contributed by atoms with Crippen molar-refractivity contribution in [3.63, 3.8) is 0 Å². The molecule has 0 bridgehead atoms. The number of nitrogens with one attached hydrogen (secondary N) is 2. The highest BCUT2D eigenvalue weighted by Gasteiger charge is 2.15. The van der Waals surface area contributed by atoms with Crippen molar-refractivity contribution in [1.82, 2.24) is 10.3 Å². The predicted octanol–water partition coefficient (Wildman–Crippen LogP) is 3.54. The van der Waals surface area contributed by atoms with Gasteiger partial charge in [0.2, 0.25) is 0 Å². The third-order valence-corrected chi connectivity index (χ3v) is 3.07. The van der Waals surface area contributed by atoms with Gasteiger partial charge in [0.15, 0.2) is 0 Å². The molecule has 1 amide bonds. The van der Waals surface area contributed by atoms with E-state index in [0.29, 0.717) is 6.54 Å². The van der Waals surface area contributed by atoms with Crippen LogP contribution in [0.15, 0.2) is 24.4 Å². The molecule has 20 heavy (non-hydrogen) atoms. The van der Waals surface area contributed by atoms with E-state index in [2.05, 4.69) is 35.4 Å². The van der Waals surface area contributed by atoms with Gasteiger partial charge in [0.25, 0.3) is 0 Å². The number of carbonyl (C=O) groups excluding carboxylic acids is 1. The molecule has 0 saturated heterocycles. The average molecular weight is 274 g/mol. The molecule has 4 heteroatoms. The molecule has 0 aliphatic rings. The molecule has 2 N–H and O–H groups in total. The minimum atomic E-state index is -0.456. The van der Waals surface area contributed by atoms with Gasteiger partial charge in [0, 0.05) is 23.6 Å². The third kappa shape index (κ3) is 3.53. The van der Waals surface area contributed by atoms with E-state index >= 15 is 0 Å². The van der Waals surface area contributed by atoms with Crippen molar-refractivity contribution in [3.05, 3.63) is 35.5 Å². The smallest absolute Gasteiger partial charge is 0.407 e. The zero-order valence-corrected chi connectivity index (χ0v) is 12.5. The maximum absolute atomic E-state index is 11.6. The van der Waals surface area contributed by atoms with Gasteiger partial charge in [-0.3, -0.25) is 0 Å². The lowest BCUT2D eigenvalue weighted by atomic mass is 10.1. The summed E-state index contributed by atoms with van der Waals surface area (Å²) in [5.41, 5.74) is 3.15. The highest BCUT2D eigenvalue weighted by Crippen LogP contribution is 2.21. The molecule has 0 unspecified atom stereocenters. The van der Waals surface area contributed by atoms with Crippen LogP contribution in [0.25, 0.3) is 10.9 Å². The van der Waals surface area contributed by atoms with E-state index < -0.39 is 5.60 Å². The molecule has 2 aromatic rings. The first kappa shape index (κ1) is 14.4. The molecule has 2 rings (SSSR count). The van der Waals surface area contributed by atoms with Gasteiger partial charge in [0.1, 0.15) is 5.60 Å². The standard InChI is InChI=1S/C16H22N2O2/c1-11-6-5-7-13-12(10-18-14(11)13)8-9-17-15(19)20-16(2,3)4/h5-7,10,18H,8-9H2,1-4H3,(H,17,19). The maximum atomic E-state index is 11.6. The number of amides is 1. The van der Waals surface area contributed by atoms with E-state index in [4.69, 9.17) is 4.74 Å². The second-order valence-corrected chi connectivity index (χ2v) is 5.99. The number of rotatable bonds is 3. The fourth-order valence-corrected chi connectivity index (χ4v) is 2.18. The average Bonchev–Trinajstić information content (AvgIpc) is 2.72. The van der Waals surface area contributed by atoms with Crippen molar-refractivity contribution < 1.29 is 9.53 Å². The fraction of sp³-hybridized carbons (Fsp3) is 0.438. The van der Waals surface area contributed by atoms with Crippen molar-refractivity contribution in [3.8, 4) is 0 Å². The molecule has 0 aliphatic carbocycles. The molecular weight excluding hydrogens is 252 g/mol. The first-order valence-electron chi connectivity index (χ1n) is 6.89. The van der Waals surface area contributed by atoms with Gasteiger partial charge in [-0.1, -0.05) is 18.2 Å². The Hall–Kier alpha value is -1.97. The summed E-state index contributed by atoms with van der Waals surface area (Å²) in [5.74, 6) is 0. The molecule has 1 aromatic heterocycles. The Bertz CT molecular complexity index is 608. The number of ether oxygens (including phenoxy) is 1. The number of hydrogen-bond donors (Lipinski definition) is 2. The van der Waals surface area contributed by atoms with Crippen LogP contribution in [0, 0.1) is 6.92 Å². The Kier molecular flexibility index (Phi) is 4.02.